The Labute approximate surface area is 115 Å². The van der Waals surface area contributed by atoms with E-state index in [0.29, 0.717) is 0 Å². The van der Waals surface area contributed by atoms with E-state index >= 15 is 0 Å². The molecule has 0 radical (unpaired) electrons. The van der Waals surface area contributed by atoms with E-state index in [4.69, 9.17) is 10.5 Å². The molecule has 4 nitrogen and oxygen atoms in total. The first-order valence-corrected chi connectivity index (χ1v) is 6.80. The van der Waals surface area contributed by atoms with E-state index in [9.17, 15) is 5.11 Å². The standard InChI is InChI=1S/C15H24N2O2/c1-10-8-17(9-15(3,4)19-10)12-5-6-13(11(2)16)14(18)7-12/h5-7,10-11,18H,8-9,16H2,1-4H3. The van der Waals surface area contributed by atoms with Crippen LogP contribution < -0.4 is 10.6 Å². The second kappa shape index (κ2) is 5.02. The van der Waals surface area contributed by atoms with Crippen LogP contribution in [0.2, 0.25) is 0 Å². The second-order valence-electron chi connectivity index (χ2n) is 6.10. The Balaban J connectivity index is 2.24. The first-order valence-electron chi connectivity index (χ1n) is 6.80. The Bertz CT molecular complexity index is 457. The maximum absolute atomic E-state index is 10.1. The van der Waals surface area contributed by atoms with Crippen molar-refractivity contribution in [3.05, 3.63) is 23.8 Å². The van der Waals surface area contributed by atoms with Crippen LogP contribution in [0.5, 0.6) is 5.75 Å². The summed E-state index contributed by atoms with van der Waals surface area (Å²) in [5, 5.41) is 10.1. The fraction of sp³-hybridized carbons (Fsp3) is 0.600. The molecule has 4 heteroatoms. The highest BCUT2D eigenvalue weighted by Crippen LogP contribution is 2.31. The van der Waals surface area contributed by atoms with Crippen molar-refractivity contribution in [3.8, 4) is 5.75 Å². The van der Waals surface area contributed by atoms with Gasteiger partial charge in [0, 0.05) is 36.4 Å². The molecule has 1 aliphatic rings. The Hall–Kier alpha value is -1.26. The third-order valence-electron chi connectivity index (χ3n) is 3.44. The molecule has 0 saturated carbocycles. The molecule has 106 valence electrons. The third-order valence-corrected chi connectivity index (χ3v) is 3.44. The third kappa shape index (κ3) is 3.19. The molecule has 0 aromatic heterocycles. The number of morpholine rings is 1. The number of anilines is 1. The van der Waals surface area contributed by atoms with Crippen LogP contribution in [0.25, 0.3) is 0 Å². The SMILES string of the molecule is CC1CN(c2ccc(C(C)N)c(O)c2)CC(C)(C)O1. The van der Waals surface area contributed by atoms with Crippen molar-refractivity contribution in [1.82, 2.24) is 0 Å². The van der Waals surface area contributed by atoms with Gasteiger partial charge >= 0.3 is 0 Å². The molecule has 0 aliphatic carbocycles. The zero-order chi connectivity index (χ0) is 14.2. The lowest BCUT2D eigenvalue weighted by Crippen LogP contribution is -2.52. The maximum Gasteiger partial charge on any atom is 0.122 e. The minimum atomic E-state index is -0.173. The summed E-state index contributed by atoms with van der Waals surface area (Å²) in [6.07, 6.45) is 0.180. The van der Waals surface area contributed by atoms with Crippen LogP contribution in [0, 0.1) is 0 Å². The zero-order valence-corrected chi connectivity index (χ0v) is 12.2. The summed E-state index contributed by atoms with van der Waals surface area (Å²) < 4.78 is 5.89. The number of ether oxygens (including phenoxy) is 1. The van der Waals surface area contributed by atoms with Crippen LogP contribution >= 0.6 is 0 Å². The fourth-order valence-electron chi connectivity index (χ4n) is 2.76. The Morgan fingerprint density at radius 2 is 2.16 bits per heavy atom. The molecule has 2 rings (SSSR count). The predicted octanol–water partition coefficient (Wildman–Crippen LogP) is 2.42. The van der Waals surface area contributed by atoms with Crippen molar-refractivity contribution < 1.29 is 9.84 Å². The average molecular weight is 264 g/mol. The van der Waals surface area contributed by atoms with Gasteiger partial charge in [-0.25, -0.2) is 0 Å². The maximum atomic E-state index is 10.1. The van der Waals surface area contributed by atoms with E-state index in [2.05, 4.69) is 25.7 Å². The quantitative estimate of drug-likeness (QED) is 0.861. The number of benzene rings is 1. The topological polar surface area (TPSA) is 58.7 Å². The van der Waals surface area contributed by atoms with Crippen LogP contribution in [-0.4, -0.2) is 29.9 Å². The molecule has 1 heterocycles. The van der Waals surface area contributed by atoms with Gasteiger partial charge in [0.25, 0.3) is 0 Å². The second-order valence-corrected chi connectivity index (χ2v) is 6.10. The molecule has 1 aliphatic heterocycles. The van der Waals surface area contributed by atoms with Crippen molar-refractivity contribution in [3.63, 3.8) is 0 Å². The number of nitrogens with zero attached hydrogens (tertiary/aromatic N) is 1. The summed E-state index contributed by atoms with van der Waals surface area (Å²) in [4.78, 5) is 2.25. The number of hydrogen-bond donors (Lipinski definition) is 2. The monoisotopic (exact) mass is 264 g/mol. The molecule has 1 aromatic rings. The van der Waals surface area contributed by atoms with Gasteiger partial charge in [0.05, 0.1) is 11.7 Å². The largest absolute Gasteiger partial charge is 0.508 e. The van der Waals surface area contributed by atoms with Crippen LogP contribution in [0.3, 0.4) is 0 Å². The van der Waals surface area contributed by atoms with Crippen LogP contribution in [0.1, 0.15) is 39.3 Å². The molecule has 2 atom stereocenters. The highest BCUT2D eigenvalue weighted by molar-refractivity contribution is 5.54. The summed E-state index contributed by atoms with van der Waals surface area (Å²) in [6, 6.07) is 5.57. The van der Waals surface area contributed by atoms with E-state index in [-0.39, 0.29) is 23.5 Å². The smallest absolute Gasteiger partial charge is 0.122 e. The lowest BCUT2D eigenvalue weighted by Gasteiger charge is -2.43. The van der Waals surface area contributed by atoms with Crippen molar-refractivity contribution in [2.24, 2.45) is 5.73 Å². The number of nitrogens with two attached hydrogens (primary N) is 1. The number of aromatic hydroxyl groups is 1. The average Bonchev–Trinajstić information content (AvgIpc) is 2.25. The molecule has 19 heavy (non-hydrogen) atoms. The molecule has 0 bridgehead atoms. The van der Waals surface area contributed by atoms with Gasteiger partial charge in [-0.3, -0.25) is 0 Å². The molecule has 1 saturated heterocycles. The summed E-state index contributed by atoms with van der Waals surface area (Å²) in [5.41, 5.74) is 7.44. The zero-order valence-electron chi connectivity index (χ0n) is 12.2. The van der Waals surface area contributed by atoms with Gasteiger partial charge in [-0.2, -0.15) is 0 Å². The molecule has 3 N–H and O–H groups in total. The van der Waals surface area contributed by atoms with E-state index in [1.54, 1.807) is 6.07 Å². The van der Waals surface area contributed by atoms with Crippen LogP contribution in [-0.2, 0) is 4.74 Å². The van der Waals surface area contributed by atoms with Gasteiger partial charge in [-0.05, 0) is 33.8 Å². The number of hydrogen-bond acceptors (Lipinski definition) is 4. The number of rotatable bonds is 2. The summed E-state index contributed by atoms with van der Waals surface area (Å²) in [7, 11) is 0. The Kier molecular flexibility index (Phi) is 3.74. The summed E-state index contributed by atoms with van der Waals surface area (Å²) >= 11 is 0. The predicted molar refractivity (Wildman–Crippen MR) is 77.5 cm³/mol. The van der Waals surface area contributed by atoms with E-state index in [0.717, 1.165) is 24.3 Å². The highest BCUT2D eigenvalue weighted by Gasteiger charge is 2.31. The van der Waals surface area contributed by atoms with E-state index in [1.807, 2.05) is 19.1 Å². The molecular weight excluding hydrogens is 240 g/mol. The van der Waals surface area contributed by atoms with Crippen LogP contribution in [0.15, 0.2) is 18.2 Å². The molecule has 0 amide bonds. The van der Waals surface area contributed by atoms with Gasteiger partial charge in [-0.1, -0.05) is 6.07 Å². The fourth-order valence-corrected chi connectivity index (χ4v) is 2.76. The van der Waals surface area contributed by atoms with Gasteiger partial charge in [-0.15, -0.1) is 0 Å². The van der Waals surface area contributed by atoms with Crippen LogP contribution in [0.4, 0.5) is 5.69 Å². The van der Waals surface area contributed by atoms with Crippen molar-refractivity contribution in [1.29, 1.82) is 0 Å². The Morgan fingerprint density at radius 1 is 1.47 bits per heavy atom. The lowest BCUT2D eigenvalue weighted by atomic mass is 10.0. The molecule has 0 spiro atoms. The van der Waals surface area contributed by atoms with Gasteiger partial charge in [0.1, 0.15) is 5.75 Å². The molecule has 1 fully saturated rings. The molecule has 2 unspecified atom stereocenters. The number of phenols is 1. The first kappa shape index (κ1) is 14.2. The summed E-state index contributed by atoms with van der Waals surface area (Å²) in [5.74, 6) is 0.268. The lowest BCUT2D eigenvalue weighted by molar-refractivity contribution is -0.0749. The minimum absolute atomic E-state index is 0.158. The van der Waals surface area contributed by atoms with E-state index in [1.165, 1.54) is 0 Å². The normalized spacial score (nSPS) is 24.3. The number of phenolic OH excluding ortho intramolecular Hbond substituents is 1. The molecular formula is C15H24N2O2. The molecule has 1 aromatic carbocycles. The first-order chi connectivity index (χ1) is 8.78. The Morgan fingerprint density at radius 3 is 2.68 bits per heavy atom. The van der Waals surface area contributed by atoms with Crippen molar-refractivity contribution in [2.45, 2.75) is 45.4 Å². The van der Waals surface area contributed by atoms with E-state index < -0.39 is 0 Å². The van der Waals surface area contributed by atoms with Gasteiger partial charge < -0.3 is 20.5 Å². The summed E-state index contributed by atoms with van der Waals surface area (Å²) in [6.45, 7) is 9.77. The van der Waals surface area contributed by atoms with Crippen molar-refractivity contribution >= 4 is 5.69 Å². The van der Waals surface area contributed by atoms with Gasteiger partial charge in [0.2, 0.25) is 0 Å². The minimum Gasteiger partial charge on any atom is -0.508 e. The highest BCUT2D eigenvalue weighted by atomic mass is 16.5. The van der Waals surface area contributed by atoms with Crippen molar-refractivity contribution in [2.75, 3.05) is 18.0 Å². The van der Waals surface area contributed by atoms with Gasteiger partial charge in [0.15, 0.2) is 0 Å².